The zero-order valence-electron chi connectivity index (χ0n) is 12.7. The van der Waals surface area contributed by atoms with Gasteiger partial charge in [-0.2, -0.15) is 0 Å². The fourth-order valence-corrected chi connectivity index (χ4v) is 2.40. The van der Waals surface area contributed by atoms with E-state index in [0.29, 0.717) is 4.99 Å². The zero-order valence-corrected chi connectivity index (χ0v) is 13.5. The lowest BCUT2D eigenvalue weighted by Gasteiger charge is -2.25. The van der Waals surface area contributed by atoms with Crippen molar-refractivity contribution in [3.05, 3.63) is 65.2 Å². The van der Waals surface area contributed by atoms with Gasteiger partial charge in [-0.1, -0.05) is 48.6 Å². The zero-order chi connectivity index (χ0) is 15.2. The number of aryl methyl sites for hydroxylation is 2. The van der Waals surface area contributed by atoms with Gasteiger partial charge in [0, 0.05) is 25.2 Å². The molecule has 2 rings (SSSR count). The van der Waals surface area contributed by atoms with Crippen molar-refractivity contribution in [3.63, 3.8) is 0 Å². The highest BCUT2D eigenvalue weighted by molar-refractivity contribution is 7.80. The molecule has 0 aromatic heterocycles. The summed E-state index contributed by atoms with van der Waals surface area (Å²) in [4.78, 5) is 2.89. The SMILES string of the molecule is Cc1ccc(CN(CCC(N)=S)c2ccccc2)cc1C. The van der Waals surface area contributed by atoms with E-state index in [1.54, 1.807) is 0 Å². The first-order valence-electron chi connectivity index (χ1n) is 7.20. The highest BCUT2D eigenvalue weighted by atomic mass is 32.1. The average molecular weight is 298 g/mol. The van der Waals surface area contributed by atoms with Crippen molar-refractivity contribution in [3.8, 4) is 0 Å². The monoisotopic (exact) mass is 298 g/mol. The van der Waals surface area contributed by atoms with E-state index in [0.717, 1.165) is 19.5 Å². The lowest BCUT2D eigenvalue weighted by molar-refractivity contribution is 0.806. The molecule has 0 heterocycles. The van der Waals surface area contributed by atoms with Crippen LogP contribution in [0.5, 0.6) is 0 Å². The van der Waals surface area contributed by atoms with E-state index in [1.165, 1.54) is 22.4 Å². The molecule has 0 aliphatic rings. The minimum absolute atomic E-state index is 0.566. The number of benzene rings is 2. The minimum atomic E-state index is 0.566. The third-order valence-corrected chi connectivity index (χ3v) is 3.90. The summed E-state index contributed by atoms with van der Waals surface area (Å²) in [6.45, 7) is 6.00. The van der Waals surface area contributed by atoms with Gasteiger partial charge in [-0.15, -0.1) is 0 Å². The molecule has 21 heavy (non-hydrogen) atoms. The number of nitrogens with zero attached hydrogens (tertiary/aromatic N) is 1. The number of rotatable bonds is 6. The van der Waals surface area contributed by atoms with E-state index in [9.17, 15) is 0 Å². The number of hydrogen-bond donors (Lipinski definition) is 1. The molecule has 2 aromatic rings. The fraction of sp³-hybridized carbons (Fsp3) is 0.278. The van der Waals surface area contributed by atoms with Crippen LogP contribution in [-0.2, 0) is 6.54 Å². The molecule has 0 bridgehead atoms. The van der Waals surface area contributed by atoms with Crippen molar-refractivity contribution in [1.29, 1.82) is 0 Å². The van der Waals surface area contributed by atoms with Crippen molar-refractivity contribution in [2.24, 2.45) is 5.73 Å². The largest absolute Gasteiger partial charge is 0.393 e. The number of para-hydroxylation sites is 1. The molecule has 0 spiro atoms. The normalized spacial score (nSPS) is 10.4. The van der Waals surface area contributed by atoms with Crippen LogP contribution >= 0.6 is 12.2 Å². The molecule has 0 unspecified atom stereocenters. The Morgan fingerprint density at radius 2 is 1.76 bits per heavy atom. The number of nitrogens with two attached hydrogens (primary N) is 1. The highest BCUT2D eigenvalue weighted by Crippen LogP contribution is 2.18. The standard InChI is InChI=1S/C18H22N2S/c1-14-8-9-16(12-15(14)2)13-20(11-10-18(19)21)17-6-4-3-5-7-17/h3-9,12H,10-11,13H2,1-2H3,(H2,19,21). The van der Waals surface area contributed by atoms with Gasteiger partial charge >= 0.3 is 0 Å². The van der Waals surface area contributed by atoms with Gasteiger partial charge in [0.05, 0.1) is 4.99 Å². The Balaban J connectivity index is 2.18. The summed E-state index contributed by atoms with van der Waals surface area (Å²) in [6.07, 6.45) is 0.731. The molecule has 0 aliphatic carbocycles. The Morgan fingerprint density at radius 3 is 2.38 bits per heavy atom. The van der Waals surface area contributed by atoms with Crippen molar-refractivity contribution in [2.45, 2.75) is 26.8 Å². The molecule has 0 fully saturated rings. The molecule has 2 aromatic carbocycles. The summed E-state index contributed by atoms with van der Waals surface area (Å²) in [5.74, 6) is 0. The van der Waals surface area contributed by atoms with E-state index in [1.807, 2.05) is 6.07 Å². The summed E-state index contributed by atoms with van der Waals surface area (Å²) >= 11 is 5.02. The van der Waals surface area contributed by atoms with Crippen molar-refractivity contribution < 1.29 is 0 Å². The molecule has 0 aliphatic heterocycles. The quantitative estimate of drug-likeness (QED) is 0.818. The summed E-state index contributed by atoms with van der Waals surface area (Å²) in [5, 5.41) is 0. The van der Waals surface area contributed by atoms with Gasteiger partial charge in [-0.25, -0.2) is 0 Å². The number of thiocarbonyl (C=S) groups is 1. The molecule has 0 saturated heterocycles. The summed E-state index contributed by atoms with van der Waals surface area (Å²) in [5.41, 5.74) is 10.8. The molecule has 0 atom stereocenters. The van der Waals surface area contributed by atoms with Gasteiger partial charge in [0.2, 0.25) is 0 Å². The summed E-state index contributed by atoms with van der Waals surface area (Å²) in [6, 6.07) is 17.0. The summed E-state index contributed by atoms with van der Waals surface area (Å²) in [7, 11) is 0. The first kappa shape index (κ1) is 15.5. The third kappa shape index (κ3) is 4.57. The molecule has 2 N–H and O–H groups in total. The molecular weight excluding hydrogens is 276 g/mol. The number of anilines is 1. The van der Waals surface area contributed by atoms with Crippen LogP contribution in [0.4, 0.5) is 5.69 Å². The Bertz CT molecular complexity index is 608. The van der Waals surface area contributed by atoms with E-state index in [-0.39, 0.29) is 0 Å². The Kier molecular flexibility index (Phi) is 5.34. The van der Waals surface area contributed by atoms with Crippen LogP contribution in [0.1, 0.15) is 23.1 Å². The Labute approximate surface area is 132 Å². The van der Waals surface area contributed by atoms with Gasteiger partial charge in [0.1, 0.15) is 0 Å². The van der Waals surface area contributed by atoms with E-state index in [2.05, 4.69) is 61.2 Å². The predicted molar refractivity (Wildman–Crippen MR) is 94.8 cm³/mol. The fourth-order valence-electron chi connectivity index (χ4n) is 2.31. The summed E-state index contributed by atoms with van der Waals surface area (Å²) < 4.78 is 0. The minimum Gasteiger partial charge on any atom is -0.393 e. The third-order valence-electron chi connectivity index (χ3n) is 3.69. The number of hydrogen-bond acceptors (Lipinski definition) is 2. The average Bonchev–Trinajstić information content (AvgIpc) is 2.48. The van der Waals surface area contributed by atoms with E-state index < -0.39 is 0 Å². The van der Waals surface area contributed by atoms with Crippen LogP contribution in [0.3, 0.4) is 0 Å². The molecule has 110 valence electrons. The van der Waals surface area contributed by atoms with E-state index >= 15 is 0 Å². The van der Waals surface area contributed by atoms with Gasteiger partial charge in [-0.05, 0) is 42.7 Å². The van der Waals surface area contributed by atoms with Crippen molar-refractivity contribution in [2.75, 3.05) is 11.4 Å². The van der Waals surface area contributed by atoms with Gasteiger partial charge < -0.3 is 10.6 Å². The van der Waals surface area contributed by atoms with Crippen LogP contribution in [0.25, 0.3) is 0 Å². The molecule has 3 heteroatoms. The lowest BCUT2D eigenvalue weighted by atomic mass is 10.1. The molecule has 2 nitrogen and oxygen atoms in total. The second kappa shape index (κ2) is 7.23. The van der Waals surface area contributed by atoms with Crippen molar-refractivity contribution in [1.82, 2.24) is 0 Å². The second-order valence-electron chi connectivity index (χ2n) is 5.39. The first-order chi connectivity index (χ1) is 10.1. The molecular formula is C18H22N2S. The maximum Gasteiger partial charge on any atom is 0.0745 e. The molecule has 0 radical (unpaired) electrons. The predicted octanol–water partition coefficient (Wildman–Crippen LogP) is 3.99. The lowest BCUT2D eigenvalue weighted by Crippen LogP contribution is -2.27. The Morgan fingerprint density at radius 1 is 1.05 bits per heavy atom. The molecule has 0 amide bonds. The Hall–Kier alpha value is -1.87. The van der Waals surface area contributed by atoms with E-state index in [4.69, 9.17) is 18.0 Å². The van der Waals surface area contributed by atoms with Gasteiger partial charge in [0.25, 0.3) is 0 Å². The van der Waals surface area contributed by atoms with Crippen molar-refractivity contribution >= 4 is 22.9 Å². The van der Waals surface area contributed by atoms with Crippen LogP contribution in [0, 0.1) is 13.8 Å². The van der Waals surface area contributed by atoms with Crippen LogP contribution in [0.15, 0.2) is 48.5 Å². The van der Waals surface area contributed by atoms with Gasteiger partial charge in [-0.3, -0.25) is 0 Å². The maximum atomic E-state index is 5.66. The highest BCUT2D eigenvalue weighted by Gasteiger charge is 2.08. The smallest absolute Gasteiger partial charge is 0.0745 e. The van der Waals surface area contributed by atoms with Gasteiger partial charge in [0.15, 0.2) is 0 Å². The molecule has 0 saturated carbocycles. The maximum absolute atomic E-state index is 5.66. The van der Waals surface area contributed by atoms with Crippen LogP contribution in [0.2, 0.25) is 0 Å². The van der Waals surface area contributed by atoms with Crippen LogP contribution in [-0.4, -0.2) is 11.5 Å². The second-order valence-corrected chi connectivity index (χ2v) is 5.92. The first-order valence-corrected chi connectivity index (χ1v) is 7.61. The topological polar surface area (TPSA) is 29.3 Å². The van der Waals surface area contributed by atoms with Crippen LogP contribution < -0.4 is 10.6 Å².